The molecule has 0 rings (SSSR count). The lowest BCUT2D eigenvalue weighted by molar-refractivity contribution is -0.142. The molecule has 6 nitrogen and oxygen atoms in total. The van der Waals surface area contributed by atoms with E-state index in [-0.39, 0.29) is 11.8 Å². The highest BCUT2D eigenvalue weighted by atomic mass is 16.4. The van der Waals surface area contributed by atoms with Crippen molar-refractivity contribution in [1.82, 2.24) is 10.6 Å². The van der Waals surface area contributed by atoms with Crippen LogP contribution in [-0.4, -0.2) is 35.5 Å². The van der Waals surface area contributed by atoms with Crippen LogP contribution in [0, 0.1) is 0 Å². The van der Waals surface area contributed by atoms with Gasteiger partial charge in [0.25, 0.3) is 0 Å². The maximum Gasteiger partial charge on any atom is 0.326 e. The molecule has 0 aliphatic heterocycles. The van der Waals surface area contributed by atoms with Gasteiger partial charge in [-0.05, 0) is 25.7 Å². The van der Waals surface area contributed by atoms with Crippen LogP contribution < -0.4 is 10.6 Å². The average Bonchev–Trinajstić information content (AvgIpc) is 2.99. The number of carbonyl (C=O) groups is 3. The Labute approximate surface area is 266 Å². The van der Waals surface area contributed by atoms with E-state index in [9.17, 15) is 19.5 Å². The summed E-state index contributed by atoms with van der Waals surface area (Å²) in [5, 5.41) is 15.1. The first-order valence-corrected chi connectivity index (χ1v) is 18.8. The van der Waals surface area contributed by atoms with Crippen molar-refractivity contribution in [2.45, 2.75) is 213 Å². The number of amides is 2. The molecular formula is C37H72N2O4. The zero-order chi connectivity index (χ0) is 31.6. The van der Waals surface area contributed by atoms with Crippen LogP contribution >= 0.6 is 0 Å². The Morgan fingerprint density at radius 1 is 0.465 bits per heavy atom. The molecule has 6 heteroatoms. The number of nitrogens with one attached hydrogen (secondary N) is 2. The summed E-state index contributed by atoms with van der Waals surface area (Å²) < 4.78 is 0. The molecule has 2 amide bonds. The first-order valence-electron chi connectivity index (χ1n) is 18.8. The van der Waals surface area contributed by atoms with Gasteiger partial charge in [-0.2, -0.15) is 0 Å². The van der Waals surface area contributed by atoms with E-state index in [0.717, 1.165) is 32.1 Å². The van der Waals surface area contributed by atoms with Gasteiger partial charge in [-0.1, -0.05) is 168 Å². The van der Waals surface area contributed by atoms with E-state index in [2.05, 4.69) is 24.5 Å². The Bertz CT molecular complexity index is 640. The number of aliphatic carboxylic acids is 1. The Balaban J connectivity index is 3.62. The van der Waals surface area contributed by atoms with Gasteiger partial charge >= 0.3 is 5.97 Å². The molecule has 0 heterocycles. The third-order valence-electron chi connectivity index (χ3n) is 8.64. The van der Waals surface area contributed by atoms with Gasteiger partial charge in [0, 0.05) is 19.4 Å². The lowest BCUT2D eigenvalue weighted by Gasteiger charge is -2.15. The monoisotopic (exact) mass is 609 g/mol. The molecule has 0 radical (unpaired) electrons. The molecule has 0 bridgehead atoms. The van der Waals surface area contributed by atoms with E-state index in [0.29, 0.717) is 32.2 Å². The van der Waals surface area contributed by atoms with E-state index in [1.54, 1.807) is 0 Å². The van der Waals surface area contributed by atoms with E-state index >= 15 is 0 Å². The largest absolute Gasteiger partial charge is 0.480 e. The summed E-state index contributed by atoms with van der Waals surface area (Å²) in [6.07, 6.45) is 34.8. The Morgan fingerprint density at radius 3 is 1.14 bits per heavy atom. The minimum absolute atomic E-state index is 0.0430. The molecule has 0 aliphatic carbocycles. The molecule has 0 aliphatic rings. The second-order valence-corrected chi connectivity index (χ2v) is 12.9. The molecule has 254 valence electrons. The number of hydrogen-bond donors (Lipinski definition) is 3. The van der Waals surface area contributed by atoms with E-state index < -0.39 is 12.0 Å². The second-order valence-electron chi connectivity index (χ2n) is 12.9. The molecule has 0 aromatic rings. The lowest BCUT2D eigenvalue weighted by atomic mass is 10.0. The number of unbranched alkanes of at least 4 members (excludes halogenated alkanes) is 24. The second kappa shape index (κ2) is 33.3. The van der Waals surface area contributed by atoms with Crippen LogP contribution in [-0.2, 0) is 14.4 Å². The summed E-state index contributed by atoms with van der Waals surface area (Å²) >= 11 is 0. The smallest absolute Gasteiger partial charge is 0.326 e. The predicted molar refractivity (Wildman–Crippen MR) is 182 cm³/mol. The highest BCUT2D eigenvalue weighted by molar-refractivity contribution is 5.83. The third kappa shape index (κ3) is 31.6. The van der Waals surface area contributed by atoms with Gasteiger partial charge in [0.15, 0.2) is 0 Å². The first-order chi connectivity index (χ1) is 21.0. The van der Waals surface area contributed by atoms with Crippen molar-refractivity contribution in [3.63, 3.8) is 0 Å². The molecular weight excluding hydrogens is 536 g/mol. The van der Waals surface area contributed by atoms with Crippen molar-refractivity contribution < 1.29 is 19.5 Å². The van der Waals surface area contributed by atoms with E-state index in [1.807, 2.05) is 0 Å². The number of carboxylic acid groups (broad SMARTS) is 1. The van der Waals surface area contributed by atoms with Crippen molar-refractivity contribution in [2.75, 3.05) is 6.54 Å². The van der Waals surface area contributed by atoms with Crippen molar-refractivity contribution in [3.05, 3.63) is 0 Å². The highest BCUT2D eigenvalue weighted by Gasteiger charge is 2.19. The van der Waals surface area contributed by atoms with Crippen LogP contribution in [0.3, 0.4) is 0 Å². The molecule has 0 aromatic carbocycles. The number of carboxylic acids is 1. The molecule has 0 saturated carbocycles. The van der Waals surface area contributed by atoms with Gasteiger partial charge in [-0.3, -0.25) is 9.59 Å². The fourth-order valence-corrected chi connectivity index (χ4v) is 5.75. The molecule has 3 N–H and O–H groups in total. The first kappa shape index (κ1) is 41.4. The van der Waals surface area contributed by atoms with Crippen LogP contribution in [0.2, 0.25) is 0 Å². The van der Waals surface area contributed by atoms with Crippen molar-refractivity contribution in [3.8, 4) is 0 Å². The number of hydrogen-bond acceptors (Lipinski definition) is 3. The van der Waals surface area contributed by atoms with Crippen LogP contribution in [0.25, 0.3) is 0 Å². The Kier molecular flexibility index (Phi) is 32.1. The maximum absolute atomic E-state index is 12.3. The van der Waals surface area contributed by atoms with Crippen LogP contribution in [0.5, 0.6) is 0 Å². The highest BCUT2D eigenvalue weighted by Crippen LogP contribution is 2.14. The summed E-state index contributed by atoms with van der Waals surface area (Å²) in [5.74, 6) is -1.14. The molecule has 0 unspecified atom stereocenters. The minimum Gasteiger partial charge on any atom is -0.480 e. The summed E-state index contributed by atoms with van der Waals surface area (Å²) in [5.41, 5.74) is 0. The molecule has 43 heavy (non-hydrogen) atoms. The van der Waals surface area contributed by atoms with Crippen LogP contribution in [0.4, 0.5) is 0 Å². The molecule has 0 spiro atoms. The molecule has 0 aromatic heterocycles. The van der Waals surface area contributed by atoms with Gasteiger partial charge in [-0.15, -0.1) is 0 Å². The van der Waals surface area contributed by atoms with Gasteiger partial charge < -0.3 is 15.7 Å². The van der Waals surface area contributed by atoms with Crippen LogP contribution in [0.15, 0.2) is 0 Å². The number of rotatable bonds is 34. The normalized spacial score (nSPS) is 11.9. The summed E-state index contributed by atoms with van der Waals surface area (Å²) in [4.78, 5) is 36.0. The third-order valence-corrected chi connectivity index (χ3v) is 8.64. The zero-order valence-corrected chi connectivity index (χ0v) is 28.7. The topological polar surface area (TPSA) is 95.5 Å². The average molecular weight is 609 g/mol. The van der Waals surface area contributed by atoms with Gasteiger partial charge in [0.2, 0.25) is 11.8 Å². The van der Waals surface area contributed by atoms with Crippen molar-refractivity contribution in [1.29, 1.82) is 0 Å². The summed E-state index contributed by atoms with van der Waals surface area (Å²) in [6, 6.07) is -0.882. The SMILES string of the molecule is CCCCCCCCCCCCCCCC(=O)NCCC[C@H](NC(=O)CCCCCCCCCCCCCCC)C(=O)O. The van der Waals surface area contributed by atoms with Gasteiger partial charge in [0.1, 0.15) is 6.04 Å². The van der Waals surface area contributed by atoms with Gasteiger partial charge in [0.05, 0.1) is 0 Å². The fraction of sp³-hybridized carbons (Fsp3) is 0.919. The van der Waals surface area contributed by atoms with Crippen molar-refractivity contribution in [2.24, 2.45) is 0 Å². The lowest BCUT2D eigenvalue weighted by Crippen LogP contribution is -2.41. The van der Waals surface area contributed by atoms with Crippen molar-refractivity contribution >= 4 is 17.8 Å². The number of carbonyl (C=O) groups excluding carboxylic acids is 2. The standard InChI is InChI=1S/C37H72N2O4/c1-3-5-7-9-11-13-15-17-19-21-23-25-27-31-35(40)38-33-29-30-34(37(42)43)39-36(41)32-28-26-24-22-20-18-16-14-12-10-8-6-4-2/h34H,3-33H2,1-2H3,(H,38,40)(H,39,41)(H,42,43)/t34-/m0/s1. The van der Waals surface area contributed by atoms with E-state index in [1.165, 1.54) is 135 Å². The predicted octanol–water partition coefficient (Wildman–Crippen LogP) is 10.4. The molecule has 1 atom stereocenters. The Hall–Kier alpha value is -1.59. The summed E-state index contributed by atoms with van der Waals surface area (Å²) in [7, 11) is 0. The maximum atomic E-state index is 12.3. The molecule has 0 saturated heterocycles. The van der Waals surface area contributed by atoms with Gasteiger partial charge in [-0.25, -0.2) is 4.79 Å². The zero-order valence-electron chi connectivity index (χ0n) is 28.7. The van der Waals surface area contributed by atoms with E-state index in [4.69, 9.17) is 0 Å². The summed E-state index contributed by atoms with van der Waals surface area (Å²) in [6.45, 7) is 4.97. The Morgan fingerprint density at radius 2 is 0.791 bits per heavy atom. The quantitative estimate of drug-likeness (QED) is 0.0633. The van der Waals surface area contributed by atoms with Crippen LogP contribution in [0.1, 0.15) is 206 Å². The minimum atomic E-state index is -1.00. The molecule has 0 fully saturated rings. The fourth-order valence-electron chi connectivity index (χ4n) is 5.75.